The minimum absolute atomic E-state index is 0.0773. The Morgan fingerprint density at radius 2 is 1.92 bits per heavy atom. The van der Waals surface area contributed by atoms with Crippen LogP contribution in [0.5, 0.6) is 0 Å². The van der Waals surface area contributed by atoms with Gasteiger partial charge in [0.25, 0.3) is 0 Å². The predicted molar refractivity (Wildman–Crippen MR) is 53.2 cm³/mol. The highest BCUT2D eigenvalue weighted by atomic mass is 127. The molecule has 1 unspecified atom stereocenters. The molecule has 5 heteroatoms. The molecular formula is C7H12INO3. The summed E-state index contributed by atoms with van der Waals surface area (Å²) in [4.78, 5) is 21.7. The number of rotatable bonds is 3. The molecule has 12 heavy (non-hydrogen) atoms. The van der Waals surface area contributed by atoms with Gasteiger partial charge in [-0.15, -0.1) is 0 Å². The first-order chi connectivity index (χ1) is 5.49. The van der Waals surface area contributed by atoms with E-state index in [9.17, 15) is 9.59 Å². The van der Waals surface area contributed by atoms with Gasteiger partial charge in [-0.05, 0) is 5.92 Å². The predicted octanol–water partition coefficient (Wildman–Crippen LogP) is 1.33. The number of methoxy groups -OCH3 is 1. The summed E-state index contributed by atoms with van der Waals surface area (Å²) in [5.74, 6) is 0.0773. The minimum atomic E-state index is -0.571. The van der Waals surface area contributed by atoms with Crippen LogP contribution in [-0.4, -0.2) is 23.0 Å². The van der Waals surface area contributed by atoms with E-state index in [4.69, 9.17) is 0 Å². The summed E-state index contributed by atoms with van der Waals surface area (Å²) in [6, 6.07) is -0.460. The molecule has 0 aromatic rings. The third-order valence-electron chi connectivity index (χ3n) is 1.37. The van der Waals surface area contributed by atoms with Crippen molar-refractivity contribution in [1.29, 1.82) is 0 Å². The van der Waals surface area contributed by atoms with Crippen molar-refractivity contribution in [3.05, 3.63) is 0 Å². The second kappa shape index (κ2) is 5.34. The largest absolute Gasteiger partial charge is 0.453 e. The maximum atomic E-state index is 11.0. The first-order valence-corrected chi connectivity index (χ1v) is 4.60. The molecule has 0 fully saturated rings. The minimum Gasteiger partial charge on any atom is -0.453 e. The third kappa shape index (κ3) is 3.89. The standard InChI is InChI=1S/C7H12INO3/c1-4(2)5(6(8)10)9-7(11)12-3/h4-5H,1-3H3,(H,9,11). The van der Waals surface area contributed by atoms with Gasteiger partial charge in [0.1, 0.15) is 6.04 Å². The van der Waals surface area contributed by atoms with E-state index in [-0.39, 0.29) is 9.71 Å². The fourth-order valence-corrected chi connectivity index (χ4v) is 1.55. The number of hydrogen-bond donors (Lipinski definition) is 1. The first-order valence-electron chi connectivity index (χ1n) is 3.52. The van der Waals surface area contributed by atoms with E-state index in [1.807, 2.05) is 13.8 Å². The number of amides is 1. The number of ether oxygens (including phenoxy) is 1. The van der Waals surface area contributed by atoms with Crippen molar-refractivity contribution in [3.63, 3.8) is 0 Å². The molecule has 0 aliphatic carbocycles. The second-order valence-corrected chi connectivity index (χ2v) is 3.72. The first kappa shape index (κ1) is 11.7. The fourth-order valence-electron chi connectivity index (χ4n) is 0.671. The number of halogens is 1. The van der Waals surface area contributed by atoms with Gasteiger partial charge in [-0.3, -0.25) is 4.79 Å². The van der Waals surface area contributed by atoms with Crippen LogP contribution < -0.4 is 5.32 Å². The molecule has 0 spiro atoms. The Morgan fingerprint density at radius 3 is 2.17 bits per heavy atom. The molecule has 0 aliphatic rings. The number of carbonyl (C=O) groups is 2. The van der Waals surface area contributed by atoms with E-state index in [0.717, 1.165) is 0 Å². The van der Waals surface area contributed by atoms with E-state index in [1.165, 1.54) is 7.11 Å². The molecule has 0 saturated heterocycles. The van der Waals surface area contributed by atoms with Crippen molar-refractivity contribution >= 4 is 32.5 Å². The summed E-state index contributed by atoms with van der Waals surface area (Å²) in [6.45, 7) is 3.72. The maximum Gasteiger partial charge on any atom is 0.407 e. The van der Waals surface area contributed by atoms with Crippen LogP contribution in [0.3, 0.4) is 0 Å². The molecule has 0 aliphatic heterocycles. The molecule has 1 atom stereocenters. The molecule has 0 saturated carbocycles. The van der Waals surface area contributed by atoms with Crippen LogP contribution in [0.15, 0.2) is 0 Å². The number of carbonyl (C=O) groups excluding carboxylic acids is 2. The van der Waals surface area contributed by atoms with Gasteiger partial charge in [-0.25, -0.2) is 4.79 Å². The van der Waals surface area contributed by atoms with Crippen LogP contribution in [0.25, 0.3) is 0 Å². The molecule has 1 N–H and O–H groups in total. The van der Waals surface area contributed by atoms with E-state index >= 15 is 0 Å². The number of hydrogen-bond acceptors (Lipinski definition) is 3. The molecule has 0 heterocycles. The molecular weight excluding hydrogens is 273 g/mol. The van der Waals surface area contributed by atoms with Crippen LogP contribution >= 0.6 is 22.6 Å². The molecule has 0 aromatic carbocycles. The van der Waals surface area contributed by atoms with Crippen LogP contribution in [0.2, 0.25) is 0 Å². The van der Waals surface area contributed by atoms with Gasteiger partial charge in [-0.2, -0.15) is 0 Å². The molecule has 0 aromatic heterocycles. The van der Waals surface area contributed by atoms with Gasteiger partial charge < -0.3 is 10.1 Å². The number of nitrogens with one attached hydrogen (secondary N) is 1. The van der Waals surface area contributed by atoms with Gasteiger partial charge in [0.05, 0.1) is 7.11 Å². The normalized spacial score (nSPS) is 12.4. The summed E-state index contributed by atoms with van der Waals surface area (Å²) in [5.41, 5.74) is 0. The summed E-state index contributed by atoms with van der Waals surface area (Å²) >= 11 is 1.66. The lowest BCUT2D eigenvalue weighted by atomic mass is 10.1. The van der Waals surface area contributed by atoms with Crippen LogP contribution in [0.1, 0.15) is 13.8 Å². The summed E-state index contributed by atoms with van der Waals surface area (Å²) in [7, 11) is 1.27. The average molecular weight is 285 g/mol. The molecule has 70 valence electrons. The van der Waals surface area contributed by atoms with Crippen molar-refractivity contribution in [3.8, 4) is 0 Å². The molecule has 0 bridgehead atoms. The zero-order valence-corrected chi connectivity index (χ0v) is 9.41. The van der Waals surface area contributed by atoms with Crippen molar-refractivity contribution < 1.29 is 14.3 Å². The lowest BCUT2D eigenvalue weighted by molar-refractivity contribution is -0.111. The fraction of sp³-hybridized carbons (Fsp3) is 0.714. The molecule has 0 radical (unpaired) electrons. The van der Waals surface area contributed by atoms with Crippen molar-refractivity contribution in [2.75, 3.05) is 7.11 Å². The molecule has 4 nitrogen and oxygen atoms in total. The highest BCUT2D eigenvalue weighted by Crippen LogP contribution is 2.06. The van der Waals surface area contributed by atoms with Crippen LogP contribution in [0, 0.1) is 5.92 Å². The molecule has 0 rings (SSSR count). The Labute approximate surface area is 85.2 Å². The second-order valence-electron chi connectivity index (χ2n) is 2.66. The van der Waals surface area contributed by atoms with E-state index in [2.05, 4.69) is 10.1 Å². The highest BCUT2D eigenvalue weighted by molar-refractivity contribution is 14.1. The van der Waals surface area contributed by atoms with Crippen molar-refractivity contribution in [2.24, 2.45) is 5.92 Å². The smallest absolute Gasteiger partial charge is 0.407 e. The zero-order valence-electron chi connectivity index (χ0n) is 7.26. The van der Waals surface area contributed by atoms with Crippen LogP contribution in [-0.2, 0) is 9.53 Å². The third-order valence-corrected chi connectivity index (χ3v) is 2.04. The Bertz CT molecular complexity index is 181. The monoisotopic (exact) mass is 285 g/mol. The number of alkyl carbamates (subject to hydrolysis) is 1. The maximum absolute atomic E-state index is 11.0. The quantitative estimate of drug-likeness (QED) is 0.628. The Hall–Kier alpha value is -0.330. The van der Waals surface area contributed by atoms with Crippen molar-refractivity contribution in [1.82, 2.24) is 5.32 Å². The van der Waals surface area contributed by atoms with E-state index in [1.54, 1.807) is 22.6 Å². The topological polar surface area (TPSA) is 55.4 Å². The van der Waals surface area contributed by atoms with Gasteiger partial charge >= 0.3 is 6.09 Å². The Kier molecular flexibility index (Phi) is 5.19. The SMILES string of the molecule is COC(=O)NC(C(=O)I)C(C)C. The van der Waals surface area contributed by atoms with Gasteiger partial charge in [0, 0.05) is 22.6 Å². The van der Waals surface area contributed by atoms with E-state index < -0.39 is 12.1 Å². The van der Waals surface area contributed by atoms with E-state index in [0.29, 0.717) is 0 Å². The molecule has 1 amide bonds. The average Bonchev–Trinajstić information content (AvgIpc) is 1.98. The Morgan fingerprint density at radius 1 is 1.42 bits per heavy atom. The summed E-state index contributed by atoms with van der Waals surface area (Å²) in [6.07, 6.45) is -0.571. The van der Waals surface area contributed by atoms with Gasteiger partial charge in [-0.1, -0.05) is 13.8 Å². The highest BCUT2D eigenvalue weighted by Gasteiger charge is 2.21. The van der Waals surface area contributed by atoms with Crippen LogP contribution in [0.4, 0.5) is 4.79 Å². The lowest BCUT2D eigenvalue weighted by Crippen LogP contribution is -2.42. The Balaban J connectivity index is 4.14. The lowest BCUT2D eigenvalue weighted by Gasteiger charge is -2.17. The van der Waals surface area contributed by atoms with Gasteiger partial charge in [0.15, 0.2) is 0 Å². The zero-order chi connectivity index (χ0) is 9.72. The summed E-state index contributed by atoms with van der Waals surface area (Å²) in [5, 5.41) is 2.45. The van der Waals surface area contributed by atoms with Crippen molar-refractivity contribution in [2.45, 2.75) is 19.9 Å². The van der Waals surface area contributed by atoms with Gasteiger partial charge in [0.2, 0.25) is 3.79 Å². The summed E-state index contributed by atoms with van der Waals surface area (Å²) < 4.78 is 4.29.